The molecular weight excluding hydrogens is 557 g/mol. The third kappa shape index (κ3) is 6.62. The average Bonchev–Trinajstić information content (AvgIpc) is 3.11. The standard InChI is InChI=1S/C29H27BrFNO4S/c1-18(2)23-10-8-19(3)14-26(23)35-13-12-32-28(33)27(37-29(32)34)16-21-15-22(30)9-11-25(21)36-17-20-6-4-5-7-24(20)31/h4-11,14-16,18H,12-13,17H2,1-3H3/b27-16-. The van der Waals surface area contributed by atoms with Crippen molar-refractivity contribution < 1.29 is 23.5 Å². The lowest BCUT2D eigenvalue weighted by Crippen LogP contribution is -2.32. The Bertz CT molecular complexity index is 1360. The molecule has 3 aromatic carbocycles. The number of halogens is 2. The van der Waals surface area contributed by atoms with Gasteiger partial charge >= 0.3 is 0 Å². The largest absolute Gasteiger partial charge is 0.491 e. The topological polar surface area (TPSA) is 55.8 Å². The first-order valence-electron chi connectivity index (χ1n) is 11.9. The molecule has 0 saturated carbocycles. The Labute approximate surface area is 228 Å². The molecule has 192 valence electrons. The molecule has 0 aliphatic carbocycles. The molecule has 0 atom stereocenters. The van der Waals surface area contributed by atoms with Gasteiger partial charge in [-0.05, 0) is 72.1 Å². The Kier molecular flexibility index (Phi) is 8.71. The van der Waals surface area contributed by atoms with Crippen molar-refractivity contribution in [2.75, 3.05) is 13.2 Å². The first-order chi connectivity index (χ1) is 17.7. The number of hydrogen-bond acceptors (Lipinski definition) is 5. The van der Waals surface area contributed by atoms with Crippen LogP contribution in [0.5, 0.6) is 11.5 Å². The highest BCUT2D eigenvalue weighted by Gasteiger charge is 2.35. The van der Waals surface area contributed by atoms with Gasteiger partial charge in [0.1, 0.15) is 30.5 Å². The van der Waals surface area contributed by atoms with Gasteiger partial charge in [0.25, 0.3) is 11.1 Å². The van der Waals surface area contributed by atoms with E-state index in [-0.39, 0.29) is 47.5 Å². The fourth-order valence-corrected chi connectivity index (χ4v) is 5.09. The van der Waals surface area contributed by atoms with Crippen molar-refractivity contribution in [2.45, 2.75) is 33.3 Å². The number of nitrogens with zero attached hydrogens (tertiary/aromatic N) is 1. The van der Waals surface area contributed by atoms with Crippen LogP contribution in [-0.2, 0) is 11.4 Å². The maximum atomic E-state index is 14.0. The van der Waals surface area contributed by atoms with Crippen LogP contribution in [0.4, 0.5) is 9.18 Å². The Hall–Kier alpha value is -3.10. The number of ether oxygens (including phenoxy) is 2. The van der Waals surface area contributed by atoms with E-state index in [1.165, 1.54) is 11.0 Å². The molecule has 1 fully saturated rings. The summed E-state index contributed by atoms with van der Waals surface area (Å²) in [5, 5.41) is -0.350. The fraction of sp³-hybridized carbons (Fsp3) is 0.241. The van der Waals surface area contributed by atoms with Crippen LogP contribution in [-0.4, -0.2) is 29.2 Å². The van der Waals surface area contributed by atoms with Crippen molar-refractivity contribution in [3.8, 4) is 11.5 Å². The van der Waals surface area contributed by atoms with Crippen LogP contribution >= 0.6 is 27.7 Å². The number of aryl methyl sites for hydroxylation is 1. The lowest BCUT2D eigenvalue weighted by atomic mass is 10.0. The molecule has 0 unspecified atom stereocenters. The maximum absolute atomic E-state index is 14.0. The number of amides is 2. The molecule has 8 heteroatoms. The van der Waals surface area contributed by atoms with Crippen molar-refractivity contribution in [3.63, 3.8) is 0 Å². The summed E-state index contributed by atoms with van der Waals surface area (Å²) in [6, 6.07) is 17.8. The first kappa shape index (κ1) is 26.9. The molecule has 0 N–H and O–H groups in total. The summed E-state index contributed by atoms with van der Waals surface area (Å²) in [5.74, 6) is 0.795. The average molecular weight is 585 g/mol. The third-order valence-corrected chi connectivity index (χ3v) is 7.24. The van der Waals surface area contributed by atoms with Crippen LogP contribution in [0.2, 0.25) is 0 Å². The summed E-state index contributed by atoms with van der Waals surface area (Å²) in [4.78, 5) is 27.2. The minimum atomic E-state index is -0.382. The molecule has 4 rings (SSSR count). The normalized spacial score (nSPS) is 14.6. The van der Waals surface area contributed by atoms with E-state index in [2.05, 4.69) is 29.8 Å². The number of carbonyl (C=O) groups is 2. The minimum Gasteiger partial charge on any atom is -0.491 e. The molecule has 1 saturated heterocycles. The van der Waals surface area contributed by atoms with Crippen LogP contribution in [0.3, 0.4) is 0 Å². The van der Waals surface area contributed by atoms with Gasteiger partial charge in [0.15, 0.2) is 0 Å². The first-order valence-corrected chi connectivity index (χ1v) is 13.5. The van der Waals surface area contributed by atoms with E-state index in [4.69, 9.17) is 9.47 Å². The molecule has 1 aliphatic rings. The van der Waals surface area contributed by atoms with Gasteiger partial charge < -0.3 is 9.47 Å². The molecular formula is C29H27BrFNO4S. The van der Waals surface area contributed by atoms with Gasteiger partial charge in [0, 0.05) is 15.6 Å². The maximum Gasteiger partial charge on any atom is 0.293 e. The molecule has 2 amide bonds. The Morgan fingerprint density at radius 1 is 1.03 bits per heavy atom. The smallest absolute Gasteiger partial charge is 0.293 e. The van der Waals surface area contributed by atoms with E-state index in [0.29, 0.717) is 16.9 Å². The Morgan fingerprint density at radius 2 is 1.81 bits per heavy atom. The molecule has 1 aliphatic heterocycles. The van der Waals surface area contributed by atoms with Crippen molar-refractivity contribution in [1.82, 2.24) is 4.90 Å². The SMILES string of the molecule is Cc1ccc(C(C)C)c(OCCN2C(=O)S/C(=C\c3cc(Br)ccc3OCc3ccccc3F)C2=O)c1. The van der Waals surface area contributed by atoms with Crippen LogP contribution in [0, 0.1) is 12.7 Å². The van der Waals surface area contributed by atoms with Gasteiger partial charge in [-0.25, -0.2) is 4.39 Å². The summed E-state index contributed by atoms with van der Waals surface area (Å²) in [7, 11) is 0. The zero-order valence-corrected chi connectivity index (χ0v) is 23.2. The number of rotatable bonds is 9. The highest BCUT2D eigenvalue weighted by atomic mass is 79.9. The van der Waals surface area contributed by atoms with Crippen molar-refractivity contribution >= 4 is 44.9 Å². The summed E-state index contributed by atoms with van der Waals surface area (Å²) < 4.78 is 26.6. The second kappa shape index (κ2) is 12.0. The number of imide groups is 1. The zero-order valence-electron chi connectivity index (χ0n) is 20.8. The minimum absolute atomic E-state index is 0.0330. The Balaban J connectivity index is 1.46. The Morgan fingerprint density at radius 3 is 2.57 bits per heavy atom. The predicted molar refractivity (Wildman–Crippen MR) is 148 cm³/mol. The van der Waals surface area contributed by atoms with Crippen molar-refractivity contribution in [2.24, 2.45) is 0 Å². The van der Waals surface area contributed by atoms with Crippen molar-refractivity contribution in [3.05, 3.63) is 98.1 Å². The lowest BCUT2D eigenvalue weighted by Gasteiger charge is -2.17. The zero-order chi connectivity index (χ0) is 26.5. The molecule has 1 heterocycles. The molecule has 0 spiro atoms. The van der Waals surface area contributed by atoms with Gasteiger partial charge in [-0.15, -0.1) is 0 Å². The van der Waals surface area contributed by atoms with Crippen LogP contribution in [0.15, 0.2) is 70.0 Å². The van der Waals surface area contributed by atoms with Crippen LogP contribution in [0.1, 0.15) is 42.0 Å². The van der Waals surface area contributed by atoms with E-state index in [0.717, 1.165) is 33.1 Å². The lowest BCUT2D eigenvalue weighted by molar-refractivity contribution is -0.123. The summed E-state index contributed by atoms with van der Waals surface area (Å²) in [6.45, 7) is 6.55. The molecule has 0 aromatic heterocycles. The van der Waals surface area contributed by atoms with E-state index in [9.17, 15) is 14.0 Å². The summed E-state index contributed by atoms with van der Waals surface area (Å²) >= 11 is 4.32. The second-order valence-electron chi connectivity index (χ2n) is 8.94. The molecule has 37 heavy (non-hydrogen) atoms. The van der Waals surface area contributed by atoms with Gasteiger partial charge in [-0.2, -0.15) is 0 Å². The highest BCUT2D eigenvalue weighted by molar-refractivity contribution is 9.10. The van der Waals surface area contributed by atoms with Gasteiger partial charge in [0.2, 0.25) is 0 Å². The number of thioether (sulfide) groups is 1. The van der Waals surface area contributed by atoms with Crippen LogP contribution < -0.4 is 9.47 Å². The van der Waals surface area contributed by atoms with E-state index < -0.39 is 0 Å². The van der Waals surface area contributed by atoms with Gasteiger partial charge in [-0.1, -0.05) is 60.1 Å². The van der Waals surface area contributed by atoms with Crippen molar-refractivity contribution in [1.29, 1.82) is 0 Å². The van der Waals surface area contributed by atoms with E-state index >= 15 is 0 Å². The van der Waals surface area contributed by atoms with Gasteiger partial charge in [-0.3, -0.25) is 14.5 Å². The van der Waals surface area contributed by atoms with E-state index in [1.807, 2.05) is 25.1 Å². The molecule has 5 nitrogen and oxygen atoms in total. The molecule has 0 bridgehead atoms. The monoisotopic (exact) mass is 583 g/mol. The summed E-state index contributed by atoms with van der Waals surface area (Å²) in [6.07, 6.45) is 1.63. The molecule has 0 radical (unpaired) electrons. The van der Waals surface area contributed by atoms with Gasteiger partial charge in [0.05, 0.1) is 11.4 Å². The number of hydrogen-bond donors (Lipinski definition) is 0. The van der Waals surface area contributed by atoms with E-state index in [1.54, 1.807) is 42.5 Å². The third-order valence-electron chi connectivity index (χ3n) is 5.84. The quantitative estimate of drug-likeness (QED) is 0.241. The molecule has 3 aromatic rings. The highest BCUT2D eigenvalue weighted by Crippen LogP contribution is 2.35. The fourth-order valence-electron chi connectivity index (χ4n) is 3.86. The second-order valence-corrected chi connectivity index (χ2v) is 10.8. The number of benzene rings is 3. The predicted octanol–water partition coefficient (Wildman–Crippen LogP) is 7.71. The number of carbonyl (C=O) groups excluding carboxylic acids is 2. The van der Waals surface area contributed by atoms with Crippen LogP contribution in [0.25, 0.3) is 6.08 Å². The summed E-state index contributed by atoms with van der Waals surface area (Å²) in [5.41, 5.74) is 3.19.